The van der Waals surface area contributed by atoms with Gasteiger partial charge in [0.15, 0.2) is 0 Å². The summed E-state index contributed by atoms with van der Waals surface area (Å²) < 4.78 is 6.73. The van der Waals surface area contributed by atoms with Gasteiger partial charge in [0.1, 0.15) is 12.4 Å². The minimum Gasteiger partial charge on any atom is -0.491 e. The molecule has 0 radical (unpaired) electrons. The maximum absolute atomic E-state index is 11.9. The van der Waals surface area contributed by atoms with Crippen molar-refractivity contribution in [2.75, 3.05) is 13.2 Å². The summed E-state index contributed by atoms with van der Waals surface area (Å²) in [6, 6.07) is 13.6. The molecular formula is C17H18INO2. The van der Waals surface area contributed by atoms with E-state index in [0.29, 0.717) is 18.7 Å². The molecule has 0 unspecified atom stereocenters. The third-order valence-electron chi connectivity index (χ3n) is 3.06. The topological polar surface area (TPSA) is 38.3 Å². The van der Waals surface area contributed by atoms with Gasteiger partial charge in [-0.05, 0) is 66.3 Å². The molecule has 2 aromatic rings. The second-order valence-electron chi connectivity index (χ2n) is 4.88. The fourth-order valence-corrected chi connectivity index (χ4v) is 2.56. The highest BCUT2D eigenvalue weighted by Gasteiger charge is 2.05. The number of nitrogens with one attached hydrogen (secondary N) is 1. The molecule has 2 rings (SSSR count). The van der Waals surface area contributed by atoms with E-state index in [9.17, 15) is 4.79 Å². The first-order valence-corrected chi connectivity index (χ1v) is 7.88. The number of amides is 1. The summed E-state index contributed by atoms with van der Waals surface area (Å²) >= 11 is 2.19. The standard InChI is InChI=1S/C17H18INO2/c1-12-6-7-16(13(2)10-12)21-9-8-19-17(20)14-4-3-5-15(18)11-14/h3-7,10-11H,8-9H2,1-2H3,(H,19,20). The zero-order valence-corrected chi connectivity index (χ0v) is 14.3. The van der Waals surface area contributed by atoms with Crippen molar-refractivity contribution in [2.45, 2.75) is 13.8 Å². The van der Waals surface area contributed by atoms with Gasteiger partial charge in [-0.3, -0.25) is 4.79 Å². The molecule has 0 fully saturated rings. The van der Waals surface area contributed by atoms with Gasteiger partial charge < -0.3 is 10.1 Å². The van der Waals surface area contributed by atoms with Crippen molar-refractivity contribution in [1.29, 1.82) is 0 Å². The van der Waals surface area contributed by atoms with Gasteiger partial charge in [-0.15, -0.1) is 0 Å². The molecule has 0 aliphatic rings. The Morgan fingerprint density at radius 1 is 1.19 bits per heavy atom. The molecule has 0 spiro atoms. The highest BCUT2D eigenvalue weighted by Crippen LogP contribution is 2.18. The maximum atomic E-state index is 11.9. The number of rotatable bonds is 5. The first-order valence-electron chi connectivity index (χ1n) is 6.80. The van der Waals surface area contributed by atoms with Gasteiger partial charge in [0.05, 0.1) is 6.54 Å². The number of halogens is 1. The molecular weight excluding hydrogens is 377 g/mol. The fraction of sp³-hybridized carbons (Fsp3) is 0.235. The number of ether oxygens (including phenoxy) is 1. The van der Waals surface area contributed by atoms with Crippen LogP contribution in [0.4, 0.5) is 0 Å². The molecule has 0 heterocycles. The maximum Gasteiger partial charge on any atom is 0.251 e. The lowest BCUT2D eigenvalue weighted by atomic mass is 10.1. The monoisotopic (exact) mass is 395 g/mol. The molecule has 110 valence electrons. The summed E-state index contributed by atoms with van der Waals surface area (Å²) in [5, 5.41) is 2.86. The Morgan fingerprint density at radius 3 is 2.71 bits per heavy atom. The highest BCUT2D eigenvalue weighted by atomic mass is 127. The Hall–Kier alpha value is -1.56. The Labute approximate surface area is 138 Å². The average molecular weight is 395 g/mol. The predicted octanol–water partition coefficient (Wildman–Crippen LogP) is 3.72. The summed E-state index contributed by atoms with van der Waals surface area (Å²) in [7, 11) is 0. The summed E-state index contributed by atoms with van der Waals surface area (Å²) in [6.45, 7) is 5.02. The summed E-state index contributed by atoms with van der Waals surface area (Å²) in [5.74, 6) is 0.793. The third kappa shape index (κ3) is 4.74. The molecule has 1 amide bonds. The molecule has 0 saturated heterocycles. The van der Waals surface area contributed by atoms with Crippen molar-refractivity contribution >= 4 is 28.5 Å². The van der Waals surface area contributed by atoms with Gasteiger partial charge in [0.2, 0.25) is 0 Å². The van der Waals surface area contributed by atoms with E-state index in [1.807, 2.05) is 43.3 Å². The highest BCUT2D eigenvalue weighted by molar-refractivity contribution is 14.1. The van der Waals surface area contributed by atoms with E-state index in [-0.39, 0.29) is 5.91 Å². The molecule has 0 aliphatic heterocycles. The number of aryl methyl sites for hydroxylation is 2. The smallest absolute Gasteiger partial charge is 0.251 e. The number of benzene rings is 2. The lowest BCUT2D eigenvalue weighted by molar-refractivity contribution is 0.0947. The van der Waals surface area contributed by atoms with E-state index in [4.69, 9.17) is 4.74 Å². The second-order valence-corrected chi connectivity index (χ2v) is 6.13. The number of hydrogen-bond acceptors (Lipinski definition) is 2. The van der Waals surface area contributed by atoms with Gasteiger partial charge in [-0.1, -0.05) is 23.8 Å². The van der Waals surface area contributed by atoms with Gasteiger partial charge >= 0.3 is 0 Å². The molecule has 0 atom stereocenters. The van der Waals surface area contributed by atoms with Crippen molar-refractivity contribution in [2.24, 2.45) is 0 Å². The molecule has 21 heavy (non-hydrogen) atoms. The van der Waals surface area contributed by atoms with Crippen molar-refractivity contribution in [3.05, 3.63) is 62.7 Å². The summed E-state index contributed by atoms with van der Waals surface area (Å²) in [5.41, 5.74) is 3.00. The average Bonchev–Trinajstić information content (AvgIpc) is 2.45. The Balaban J connectivity index is 1.80. The van der Waals surface area contributed by atoms with Gasteiger partial charge in [-0.2, -0.15) is 0 Å². The van der Waals surface area contributed by atoms with E-state index in [0.717, 1.165) is 14.9 Å². The van der Waals surface area contributed by atoms with Crippen LogP contribution >= 0.6 is 22.6 Å². The van der Waals surface area contributed by atoms with Gasteiger partial charge in [-0.25, -0.2) is 0 Å². The molecule has 0 aliphatic carbocycles. The number of carbonyl (C=O) groups is 1. The number of carbonyl (C=O) groups excluding carboxylic acids is 1. The molecule has 2 aromatic carbocycles. The first-order chi connectivity index (χ1) is 10.1. The minimum absolute atomic E-state index is 0.0715. The van der Waals surface area contributed by atoms with Gasteiger partial charge in [0.25, 0.3) is 5.91 Å². The lowest BCUT2D eigenvalue weighted by Gasteiger charge is -2.10. The van der Waals surface area contributed by atoms with Crippen LogP contribution < -0.4 is 10.1 Å². The zero-order valence-electron chi connectivity index (χ0n) is 12.2. The Bertz CT molecular complexity index is 640. The van der Waals surface area contributed by atoms with E-state index in [2.05, 4.69) is 40.9 Å². The minimum atomic E-state index is -0.0715. The predicted molar refractivity (Wildman–Crippen MR) is 92.9 cm³/mol. The van der Waals surface area contributed by atoms with E-state index in [1.165, 1.54) is 5.56 Å². The molecule has 0 bridgehead atoms. The van der Waals surface area contributed by atoms with Crippen molar-refractivity contribution in [1.82, 2.24) is 5.32 Å². The molecule has 3 nitrogen and oxygen atoms in total. The van der Waals surface area contributed by atoms with Crippen molar-refractivity contribution < 1.29 is 9.53 Å². The van der Waals surface area contributed by atoms with E-state index in [1.54, 1.807) is 0 Å². The van der Waals surface area contributed by atoms with Crippen LogP contribution in [0.15, 0.2) is 42.5 Å². The van der Waals surface area contributed by atoms with Crippen LogP contribution in [0.2, 0.25) is 0 Å². The van der Waals surface area contributed by atoms with Crippen LogP contribution in [-0.4, -0.2) is 19.1 Å². The van der Waals surface area contributed by atoms with E-state index >= 15 is 0 Å². The zero-order chi connectivity index (χ0) is 15.2. The first kappa shape index (κ1) is 15.8. The van der Waals surface area contributed by atoms with Crippen LogP contribution in [0, 0.1) is 17.4 Å². The van der Waals surface area contributed by atoms with Crippen LogP contribution in [0.3, 0.4) is 0 Å². The SMILES string of the molecule is Cc1ccc(OCCNC(=O)c2cccc(I)c2)c(C)c1. The van der Waals surface area contributed by atoms with Crippen LogP contribution in [0.1, 0.15) is 21.5 Å². The fourth-order valence-electron chi connectivity index (χ4n) is 2.02. The molecule has 1 N–H and O–H groups in total. The van der Waals surface area contributed by atoms with Gasteiger partial charge in [0, 0.05) is 9.13 Å². The number of hydrogen-bond donors (Lipinski definition) is 1. The lowest BCUT2D eigenvalue weighted by Crippen LogP contribution is -2.28. The Kier molecular flexibility index (Phi) is 5.61. The Morgan fingerprint density at radius 2 is 2.00 bits per heavy atom. The molecule has 0 saturated carbocycles. The third-order valence-corrected chi connectivity index (χ3v) is 3.73. The van der Waals surface area contributed by atoms with Crippen LogP contribution in [0.5, 0.6) is 5.75 Å². The van der Waals surface area contributed by atoms with Crippen molar-refractivity contribution in [3.63, 3.8) is 0 Å². The second kappa shape index (κ2) is 7.45. The van der Waals surface area contributed by atoms with Crippen LogP contribution in [-0.2, 0) is 0 Å². The summed E-state index contributed by atoms with van der Waals surface area (Å²) in [6.07, 6.45) is 0. The van der Waals surface area contributed by atoms with Crippen molar-refractivity contribution in [3.8, 4) is 5.75 Å². The van der Waals surface area contributed by atoms with Crippen LogP contribution in [0.25, 0.3) is 0 Å². The largest absolute Gasteiger partial charge is 0.491 e. The molecule has 0 aromatic heterocycles. The molecule has 4 heteroatoms. The van der Waals surface area contributed by atoms with E-state index < -0.39 is 0 Å². The normalized spacial score (nSPS) is 10.2. The quantitative estimate of drug-likeness (QED) is 0.619. The summed E-state index contributed by atoms with van der Waals surface area (Å²) in [4.78, 5) is 11.9.